The molecule has 1 atom stereocenters. The van der Waals surface area contributed by atoms with Crippen LogP contribution in [-0.2, 0) is 10.9 Å². The lowest BCUT2D eigenvalue weighted by Gasteiger charge is -2.38. The number of hydrogen-bond donors (Lipinski definition) is 1. The molecular weight excluding hydrogens is 373 g/mol. The van der Waals surface area contributed by atoms with Gasteiger partial charge >= 0.3 is 12.1 Å². The van der Waals surface area contributed by atoms with Crippen LogP contribution in [-0.4, -0.2) is 35.3 Å². The zero-order chi connectivity index (χ0) is 20.1. The standard InChI is InChI=1S/C19H21F3N4O2/c1-2-28-17(27)14-8-7-13(12-15(14)19(20,21)22)26-11-4-3-6-16(26)25-18-23-9-5-10-24-18/h5,7-10,12,16H,2-4,6,11H2,1H3,(H,23,24,25). The predicted octanol–water partition coefficient (Wildman–Crippen LogP) is 4.10. The Bertz CT molecular complexity index is 815. The highest BCUT2D eigenvalue weighted by molar-refractivity contribution is 5.92. The first-order valence-electron chi connectivity index (χ1n) is 9.08. The summed E-state index contributed by atoms with van der Waals surface area (Å²) in [6.45, 7) is 2.14. The number of carbonyl (C=O) groups excluding carboxylic acids is 1. The van der Waals surface area contributed by atoms with Crippen LogP contribution < -0.4 is 10.2 Å². The first-order chi connectivity index (χ1) is 13.4. The van der Waals surface area contributed by atoms with Gasteiger partial charge in [-0.25, -0.2) is 14.8 Å². The summed E-state index contributed by atoms with van der Waals surface area (Å²) in [5.74, 6) is -0.564. The second-order valence-corrected chi connectivity index (χ2v) is 6.37. The number of ether oxygens (including phenoxy) is 1. The highest BCUT2D eigenvalue weighted by atomic mass is 19.4. The maximum atomic E-state index is 13.6. The van der Waals surface area contributed by atoms with Crippen LogP contribution in [0.25, 0.3) is 0 Å². The first-order valence-corrected chi connectivity index (χ1v) is 9.08. The third-order valence-corrected chi connectivity index (χ3v) is 4.50. The smallest absolute Gasteiger partial charge is 0.417 e. The van der Waals surface area contributed by atoms with E-state index in [1.807, 2.05) is 4.90 Å². The molecule has 0 radical (unpaired) electrons. The Kier molecular flexibility index (Phi) is 6.01. The molecule has 150 valence electrons. The van der Waals surface area contributed by atoms with Gasteiger partial charge in [-0.3, -0.25) is 0 Å². The molecule has 0 amide bonds. The number of piperidine rings is 1. The summed E-state index contributed by atoms with van der Waals surface area (Å²) in [4.78, 5) is 22.0. The maximum Gasteiger partial charge on any atom is 0.417 e. The molecule has 1 aromatic heterocycles. The topological polar surface area (TPSA) is 67.3 Å². The second kappa shape index (κ2) is 8.45. The number of aromatic nitrogens is 2. The number of anilines is 2. The number of esters is 1. The van der Waals surface area contributed by atoms with E-state index < -0.39 is 23.3 Å². The molecule has 1 saturated heterocycles. The monoisotopic (exact) mass is 394 g/mol. The fourth-order valence-electron chi connectivity index (χ4n) is 3.25. The van der Waals surface area contributed by atoms with Crippen molar-refractivity contribution < 1.29 is 22.7 Å². The van der Waals surface area contributed by atoms with E-state index in [4.69, 9.17) is 4.74 Å². The Hall–Kier alpha value is -2.84. The van der Waals surface area contributed by atoms with Crippen LogP contribution in [0.1, 0.15) is 42.1 Å². The molecule has 1 unspecified atom stereocenters. The Morgan fingerprint density at radius 3 is 2.71 bits per heavy atom. The minimum Gasteiger partial charge on any atom is -0.462 e. The fourth-order valence-corrected chi connectivity index (χ4v) is 3.25. The number of nitrogens with one attached hydrogen (secondary N) is 1. The molecule has 1 aliphatic rings. The molecule has 2 aromatic rings. The molecule has 3 rings (SSSR count). The number of rotatable bonds is 5. The van der Waals surface area contributed by atoms with Crippen LogP contribution in [0.4, 0.5) is 24.8 Å². The number of carbonyl (C=O) groups is 1. The van der Waals surface area contributed by atoms with Gasteiger partial charge in [0.05, 0.1) is 17.7 Å². The molecule has 1 aromatic carbocycles. The van der Waals surface area contributed by atoms with Gasteiger partial charge < -0.3 is 15.0 Å². The van der Waals surface area contributed by atoms with Gasteiger partial charge in [0, 0.05) is 24.6 Å². The van der Waals surface area contributed by atoms with Gasteiger partial charge in [-0.1, -0.05) is 0 Å². The number of alkyl halides is 3. The van der Waals surface area contributed by atoms with Crippen molar-refractivity contribution in [3.05, 3.63) is 47.8 Å². The van der Waals surface area contributed by atoms with Crippen LogP contribution in [0, 0.1) is 0 Å². The zero-order valence-corrected chi connectivity index (χ0v) is 15.4. The average Bonchev–Trinajstić information content (AvgIpc) is 2.68. The molecule has 1 fully saturated rings. The van der Waals surface area contributed by atoms with Crippen molar-refractivity contribution in [3.63, 3.8) is 0 Å². The molecule has 0 aliphatic carbocycles. The molecule has 1 aliphatic heterocycles. The van der Waals surface area contributed by atoms with E-state index >= 15 is 0 Å². The molecule has 2 heterocycles. The van der Waals surface area contributed by atoms with Gasteiger partial charge in [-0.15, -0.1) is 0 Å². The molecule has 9 heteroatoms. The van der Waals surface area contributed by atoms with Crippen LogP contribution >= 0.6 is 0 Å². The number of halogens is 3. The normalized spacial score (nSPS) is 17.3. The third kappa shape index (κ3) is 4.52. The van der Waals surface area contributed by atoms with Gasteiger partial charge in [0.2, 0.25) is 5.95 Å². The van der Waals surface area contributed by atoms with Crippen molar-refractivity contribution in [3.8, 4) is 0 Å². The van der Waals surface area contributed by atoms with E-state index in [0.717, 1.165) is 25.3 Å². The van der Waals surface area contributed by atoms with Gasteiger partial charge in [0.1, 0.15) is 6.17 Å². The summed E-state index contributed by atoms with van der Waals surface area (Å²) in [6, 6.07) is 5.40. The third-order valence-electron chi connectivity index (χ3n) is 4.50. The Morgan fingerprint density at radius 1 is 1.29 bits per heavy atom. The van der Waals surface area contributed by atoms with Gasteiger partial charge in [-0.05, 0) is 50.5 Å². The van der Waals surface area contributed by atoms with Crippen molar-refractivity contribution in [2.75, 3.05) is 23.4 Å². The molecule has 6 nitrogen and oxygen atoms in total. The van der Waals surface area contributed by atoms with Crippen LogP contribution in [0.5, 0.6) is 0 Å². The highest BCUT2D eigenvalue weighted by Crippen LogP contribution is 2.36. The minimum atomic E-state index is -4.67. The molecule has 0 spiro atoms. The highest BCUT2D eigenvalue weighted by Gasteiger charge is 2.37. The van der Waals surface area contributed by atoms with Crippen LogP contribution in [0.15, 0.2) is 36.7 Å². The van der Waals surface area contributed by atoms with Gasteiger partial charge in [0.15, 0.2) is 0 Å². The van der Waals surface area contributed by atoms with Crippen molar-refractivity contribution in [2.45, 2.75) is 38.5 Å². The molecular formula is C19H21F3N4O2. The summed E-state index contributed by atoms with van der Waals surface area (Å²) in [5, 5.41) is 3.18. The van der Waals surface area contributed by atoms with Crippen LogP contribution in [0.2, 0.25) is 0 Å². The number of nitrogens with zero attached hydrogens (tertiary/aromatic N) is 3. The molecule has 0 saturated carbocycles. The fraction of sp³-hybridized carbons (Fsp3) is 0.421. The van der Waals surface area contributed by atoms with Gasteiger partial charge in [-0.2, -0.15) is 13.2 Å². The van der Waals surface area contributed by atoms with E-state index in [-0.39, 0.29) is 12.8 Å². The molecule has 0 bridgehead atoms. The van der Waals surface area contributed by atoms with Crippen molar-refractivity contribution >= 4 is 17.6 Å². The Balaban J connectivity index is 1.93. The van der Waals surface area contributed by atoms with E-state index in [1.54, 1.807) is 25.4 Å². The predicted molar refractivity (Wildman–Crippen MR) is 98.0 cm³/mol. The van der Waals surface area contributed by atoms with Crippen molar-refractivity contribution in [1.29, 1.82) is 0 Å². The summed E-state index contributed by atoms with van der Waals surface area (Å²) >= 11 is 0. The first kappa shape index (κ1) is 19.9. The number of hydrogen-bond acceptors (Lipinski definition) is 6. The molecule has 1 N–H and O–H groups in total. The SMILES string of the molecule is CCOC(=O)c1ccc(N2CCCCC2Nc2ncccn2)cc1C(F)(F)F. The molecule has 28 heavy (non-hydrogen) atoms. The summed E-state index contributed by atoms with van der Waals surface area (Å²) < 4.78 is 45.5. The lowest BCUT2D eigenvalue weighted by atomic mass is 10.0. The lowest BCUT2D eigenvalue weighted by Crippen LogP contribution is -2.45. The van der Waals surface area contributed by atoms with Crippen molar-refractivity contribution in [1.82, 2.24) is 9.97 Å². The van der Waals surface area contributed by atoms with Gasteiger partial charge in [0.25, 0.3) is 0 Å². The summed E-state index contributed by atoms with van der Waals surface area (Å²) in [6.07, 6.45) is 0.809. The van der Waals surface area contributed by atoms with E-state index in [9.17, 15) is 18.0 Å². The minimum absolute atomic E-state index is 0.00702. The van der Waals surface area contributed by atoms with E-state index in [2.05, 4.69) is 15.3 Å². The number of benzene rings is 1. The quantitative estimate of drug-likeness (QED) is 0.770. The second-order valence-electron chi connectivity index (χ2n) is 6.37. The summed E-state index contributed by atoms with van der Waals surface area (Å²) in [5.41, 5.74) is -1.09. The van der Waals surface area contributed by atoms with Crippen LogP contribution in [0.3, 0.4) is 0 Å². The Labute approximate surface area is 160 Å². The Morgan fingerprint density at radius 2 is 2.04 bits per heavy atom. The van der Waals surface area contributed by atoms with Crippen molar-refractivity contribution in [2.24, 2.45) is 0 Å². The van der Waals surface area contributed by atoms with E-state index in [1.165, 1.54) is 12.1 Å². The largest absolute Gasteiger partial charge is 0.462 e. The zero-order valence-electron chi connectivity index (χ0n) is 15.4. The lowest BCUT2D eigenvalue weighted by molar-refractivity contribution is -0.138. The average molecular weight is 394 g/mol. The summed E-state index contributed by atoms with van der Waals surface area (Å²) in [7, 11) is 0. The van der Waals surface area contributed by atoms with E-state index in [0.29, 0.717) is 18.2 Å². The maximum absolute atomic E-state index is 13.6.